The van der Waals surface area contributed by atoms with Gasteiger partial charge in [-0.25, -0.2) is 9.97 Å². The van der Waals surface area contributed by atoms with Crippen molar-refractivity contribution in [2.45, 2.75) is 39.1 Å². The number of halogens is 3. The number of alkyl halides is 3. The third-order valence-electron chi connectivity index (χ3n) is 4.80. The lowest BCUT2D eigenvalue weighted by Crippen LogP contribution is -2.42. The van der Waals surface area contributed by atoms with Crippen molar-refractivity contribution in [3.8, 4) is 16.9 Å². The summed E-state index contributed by atoms with van der Waals surface area (Å²) in [5.41, 5.74) is 2.80. The predicted molar refractivity (Wildman–Crippen MR) is 97.9 cm³/mol. The van der Waals surface area contributed by atoms with E-state index < -0.39 is 6.36 Å². The molecule has 1 aliphatic heterocycles. The van der Waals surface area contributed by atoms with Crippen LogP contribution in [0, 0.1) is 13.8 Å². The van der Waals surface area contributed by atoms with Crippen molar-refractivity contribution in [1.82, 2.24) is 15.3 Å². The van der Waals surface area contributed by atoms with Gasteiger partial charge in [-0.2, -0.15) is 0 Å². The Morgan fingerprint density at radius 3 is 2.30 bits per heavy atom. The highest BCUT2D eigenvalue weighted by Gasteiger charge is 2.31. The second-order valence-corrected chi connectivity index (χ2v) is 6.70. The van der Waals surface area contributed by atoms with Gasteiger partial charge in [-0.1, -0.05) is 12.1 Å². The number of nitrogens with zero attached hydrogens (tertiary/aromatic N) is 3. The van der Waals surface area contributed by atoms with Gasteiger partial charge in [0.25, 0.3) is 0 Å². The normalized spacial score (nSPS) is 15.9. The number of aryl methyl sites for hydroxylation is 2. The molecule has 1 saturated heterocycles. The predicted octanol–water partition coefficient (Wildman–Crippen LogP) is 3.85. The number of aromatic nitrogens is 2. The van der Waals surface area contributed by atoms with Crippen LogP contribution in [-0.4, -0.2) is 42.5 Å². The Labute approximate surface area is 156 Å². The van der Waals surface area contributed by atoms with E-state index in [9.17, 15) is 13.2 Å². The van der Waals surface area contributed by atoms with Gasteiger partial charge in [0.2, 0.25) is 5.95 Å². The van der Waals surface area contributed by atoms with Crippen molar-refractivity contribution < 1.29 is 17.9 Å². The fourth-order valence-corrected chi connectivity index (χ4v) is 3.47. The second kappa shape index (κ2) is 7.72. The molecule has 0 radical (unpaired) electrons. The molecule has 1 fully saturated rings. The molecule has 0 bridgehead atoms. The zero-order chi connectivity index (χ0) is 19.6. The smallest absolute Gasteiger partial charge is 0.406 e. The summed E-state index contributed by atoms with van der Waals surface area (Å²) in [4.78, 5) is 11.4. The Hall–Kier alpha value is -2.35. The highest BCUT2D eigenvalue weighted by atomic mass is 19.4. The first kappa shape index (κ1) is 19.4. The average Bonchev–Trinajstić information content (AvgIpc) is 2.60. The summed E-state index contributed by atoms with van der Waals surface area (Å²) < 4.78 is 41.5. The zero-order valence-corrected chi connectivity index (χ0v) is 15.6. The lowest BCUT2D eigenvalue weighted by molar-refractivity contribution is -0.274. The van der Waals surface area contributed by atoms with Gasteiger partial charge in [0.15, 0.2) is 0 Å². The lowest BCUT2D eigenvalue weighted by Gasteiger charge is -2.32. The van der Waals surface area contributed by atoms with Crippen LogP contribution >= 0.6 is 0 Å². The average molecular weight is 380 g/mol. The third-order valence-corrected chi connectivity index (χ3v) is 4.80. The van der Waals surface area contributed by atoms with E-state index in [1.807, 2.05) is 20.9 Å². The van der Waals surface area contributed by atoms with Crippen LogP contribution in [0.15, 0.2) is 24.3 Å². The highest BCUT2D eigenvalue weighted by molar-refractivity contribution is 5.70. The van der Waals surface area contributed by atoms with Crippen LogP contribution in [0.25, 0.3) is 11.1 Å². The molecule has 1 aliphatic rings. The number of ether oxygens (including phenoxy) is 1. The number of anilines is 1. The zero-order valence-electron chi connectivity index (χ0n) is 15.6. The molecule has 3 rings (SSSR count). The number of hydrogen-bond donors (Lipinski definition) is 1. The minimum absolute atomic E-state index is 0.253. The van der Waals surface area contributed by atoms with Gasteiger partial charge in [-0.05, 0) is 51.4 Å². The summed E-state index contributed by atoms with van der Waals surface area (Å²) in [5, 5.41) is 3.29. The molecular weight excluding hydrogens is 357 g/mol. The molecule has 146 valence electrons. The number of rotatable bonds is 4. The molecule has 1 N–H and O–H groups in total. The molecule has 5 nitrogen and oxygen atoms in total. The number of piperidine rings is 1. The Balaban J connectivity index is 1.87. The lowest BCUT2D eigenvalue weighted by atomic mass is 10.0. The van der Waals surface area contributed by atoms with E-state index in [0.29, 0.717) is 17.6 Å². The van der Waals surface area contributed by atoms with Crippen molar-refractivity contribution in [2.24, 2.45) is 0 Å². The summed E-state index contributed by atoms with van der Waals surface area (Å²) in [5.74, 6) is 0.419. The minimum atomic E-state index is -4.72. The van der Waals surface area contributed by atoms with Crippen LogP contribution < -0.4 is 15.0 Å². The molecule has 27 heavy (non-hydrogen) atoms. The first-order chi connectivity index (χ1) is 12.8. The Kier molecular flexibility index (Phi) is 5.55. The van der Waals surface area contributed by atoms with Crippen molar-refractivity contribution in [1.29, 1.82) is 0 Å². The van der Waals surface area contributed by atoms with E-state index in [-0.39, 0.29) is 5.75 Å². The molecule has 0 amide bonds. The standard InChI is InChI=1S/C19H23F3N4O/c1-12-17(14-5-4-6-16(11-14)27-19(20,21)22)13(2)25-18(24-12)26-9-7-15(23-3)8-10-26/h4-6,11,15,23H,7-10H2,1-3H3. The third kappa shape index (κ3) is 4.68. The van der Waals surface area contributed by atoms with Crippen LogP contribution in [-0.2, 0) is 0 Å². The molecule has 1 aromatic carbocycles. The molecule has 2 heterocycles. The molecule has 0 saturated carbocycles. The van der Waals surface area contributed by atoms with Crippen LogP contribution in [0.1, 0.15) is 24.2 Å². The van der Waals surface area contributed by atoms with Crippen LogP contribution in [0.3, 0.4) is 0 Å². The number of benzene rings is 1. The van der Waals surface area contributed by atoms with E-state index in [1.165, 1.54) is 18.2 Å². The number of hydrogen-bond acceptors (Lipinski definition) is 5. The molecule has 1 aromatic heterocycles. The van der Waals surface area contributed by atoms with E-state index in [4.69, 9.17) is 0 Å². The van der Waals surface area contributed by atoms with Crippen molar-refractivity contribution in [3.63, 3.8) is 0 Å². The van der Waals surface area contributed by atoms with Gasteiger partial charge in [0, 0.05) is 24.7 Å². The van der Waals surface area contributed by atoms with Gasteiger partial charge in [0.05, 0.1) is 11.4 Å². The van der Waals surface area contributed by atoms with Crippen molar-refractivity contribution in [3.05, 3.63) is 35.7 Å². The summed E-state index contributed by atoms with van der Waals surface area (Å²) in [6.07, 6.45) is -2.67. The minimum Gasteiger partial charge on any atom is -0.406 e. The van der Waals surface area contributed by atoms with Crippen LogP contribution in [0.2, 0.25) is 0 Å². The maximum Gasteiger partial charge on any atom is 0.573 e. The maximum atomic E-state index is 12.5. The van der Waals surface area contributed by atoms with E-state index in [0.717, 1.165) is 42.9 Å². The topological polar surface area (TPSA) is 50.3 Å². The molecule has 0 aliphatic carbocycles. The molecule has 8 heteroatoms. The van der Waals surface area contributed by atoms with Gasteiger partial charge in [0.1, 0.15) is 5.75 Å². The molecule has 2 aromatic rings. The van der Waals surface area contributed by atoms with Gasteiger partial charge in [-0.3, -0.25) is 0 Å². The molecule has 0 unspecified atom stereocenters. The maximum absolute atomic E-state index is 12.5. The molecule has 0 spiro atoms. The van der Waals surface area contributed by atoms with Gasteiger partial charge < -0.3 is 15.0 Å². The fraction of sp³-hybridized carbons (Fsp3) is 0.474. The first-order valence-corrected chi connectivity index (χ1v) is 8.90. The Morgan fingerprint density at radius 2 is 1.74 bits per heavy atom. The molecular formula is C19H23F3N4O. The first-order valence-electron chi connectivity index (χ1n) is 8.90. The fourth-order valence-electron chi connectivity index (χ4n) is 3.47. The molecule has 0 atom stereocenters. The summed E-state index contributed by atoms with van der Waals surface area (Å²) >= 11 is 0. The van der Waals surface area contributed by atoms with Crippen molar-refractivity contribution in [2.75, 3.05) is 25.0 Å². The highest BCUT2D eigenvalue weighted by Crippen LogP contribution is 2.31. The van der Waals surface area contributed by atoms with Crippen LogP contribution in [0.5, 0.6) is 5.75 Å². The van der Waals surface area contributed by atoms with Gasteiger partial charge in [-0.15, -0.1) is 13.2 Å². The van der Waals surface area contributed by atoms with E-state index in [2.05, 4.69) is 24.9 Å². The largest absolute Gasteiger partial charge is 0.573 e. The Bertz CT molecular complexity index is 779. The van der Waals surface area contributed by atoms with Crippen molar-refractivity contribution >= 4 is 5.95 Å². The monoisotopic (exact) mass is 380 g/mol. The SMILES string of the molecule is CNC1CCN(c2nc(C)c(-c3cccc(OC(F)(F)F)c3)c(C)n2)CC1. The summed E-state index contributed by atoms with van der Waals surface area (Å²) in [7, 11) is 1.97. The summed E-state index contributed by atoms with van der Waals surface area (Å²) in [6, 6.07) is 6.43. The quantitative estimate of drug-likeness (QED) is 0.873. The van der Waals surface area contributed by atoms with E-state index in [1.54, 1.807) is 6.07 Å². The summed E-state index contributed by atoms with van der Waals surface area (Å²) in [6.45, 7) is 5.45. The Morgan fingerprint density at radius 1 is 1.11 bits per heavy atom. The number of nitrogens with one attached hydrogen (secondary N) is 1. The van der Waals surface area contributed by atoms with E-state index >= 15 is 0 Å². The second-order valence-electron chi connectivity index (χ2n) is 6.70. The van der Waals surface area contributed by atoms with Crippen LogP contribution in [0.4, 0.5) is 19.1 Å². The van der Waals surface area contributed by atoms with Gasteiger partial charge >= 0.3 is 6.36 Å².